The molecule has 2 N–H and O–H groups in total. The molecule has 0 aliphatic heterocycles. The Balaban J connectivity index is 0.00000288. The maximum absolute atomic E-state index is 12.2. The van der Waals surface area contributed by atoms with Gasteiger partial charge in [0.2, 0.25) is 5.91 Å². The van der Waals surface area contributed by atoms with Crippen molar-refractivity contribution in [3.63, 3.8) is 0 Å². The number of carbonyl (C=O) groups excluding carboxylic acids is 1. The second-order valence-electron chi connectivity index (χ2n) is 5.86. The molecule has 3 nitrogen and oxygen atoms in total. The number of hydrogen-bond acceptors (Lipinski definition) is 2. The van der Waals surface area contributed by atoms with E-state index in [9.17, 15) is 4.79 Å². The molecule has 1 atom stereocenters. The number of halogens is 1. The van der Waals surface area contributed by atoms with Gasteiger partial charge in [0.15, 0.2) is 0 Å². The first-order chi connectivity index (χ1) is 11.2. The van der Waals surface area contributed by atoms with Crippen LogP contribution in [0.25, 0.3) is 0 Å². The molecule has 2 aromatic rings. The molecular weight excluding hydrogens is 320 g/mol. The molecular formula is C20H27ClN2O. The normalized spacial score (nSPS) is 11.6. The van der Waals surface area contributed by atoms with Crippen LogP contribution in [0.2, 0.25) is 0 Å². The predicted octanol–water partition coefficient (Wildman–Crippen LogP) is 3.74. The van der Waals surface area contributed by atoms with Crippen LogP contribution in [-0.4, -0.2) is 25.5 Å². The van der Waals surface area contributed by atoms with Crippen molar-refractivity contribution < 1.29 is 4.79 Å². The smallest absolute Gasteiger partial charge is 0.220 e. The summed E-state index contributed by atoms with van der Waals surface area (Å²) in [6.45, 7) is 2.95. The molecule has 0 bridgehead atoms. The molecule has 1 amide bonds. The van der Waals surface area contributed by atoms with Gasteiger partial charge in [-0.1, -0.05) is 60.7 Å². The van der Waals surface area contributed by atoms with Gasteiger partial charge in [0.25, 0.3) is 0 Å². The summed E-state index contributed by atoms with van der Waals surface area (Å²) in [5.74, 6) is 0.273. The fraction of sp³-hybridized carbons (Fsp3) is 0.350. The summed E-state index contributed by atoms with van der Waals surface area (Å²) in [7, 11) is 1.90. The summed E-state index contributed by atoms with van der Waals surface area (Å²) in [5.41, 5.74) is 2.45. The van der Waals surface area contributed by atoms with Crippen LogP contribution in [0.3, 0.4) is 0 Å². The maximum Gasteiger partial charge on any atom is 0.220 e. The zero-order valence-electron chi connectivity index (χ0n) is 14.4. The van der Waals surface area contributed by atoms with Crippen LogP contribution in [0.4, 0.5) is 0 Å². The van der Waals surface area contributed by atoms with Crippen LogP contribution < -0.4 is 10.6 Å². The molecule has 0 heterocycles. The molecule has 0 aliphatic rings. The number of carbonyl (C=O) groups is 1. The van der Waals surface area contributed by atoms with Crippen LogP contribution >= 0.6 is 12.4 Å². The molecule has 130 valence electrons. The molecule has 4 heteroatoms. The van der Waals surface area contributed by atoms with Crippen LogP contribution in [0.1, 0.15) is 36.8 Å². The van der Waals surface area contributed by atoms with Gasteiger partial charge in [0.1, 0.15) is 0 Å². The highest BCUT2D eigenvalue weighted by Crippen LogP contribution is 2.27. The molecule has 0 fully saturated rings. The lowest BCUT2D eigenvalue weighted by Gasteiger charge is -2.26. The van der Waals surface area contributed by atoms with Gasteiger partial charge in [0, 0.05) is 18.4 Å². The van der Waals surface area contributed by atoms with Gasteiger partial charge in [-0.05, 0) is 38.1 Å². The van der Waals surface area contributed by atoms with E-state index in [1.54, 1.807) is 0 Å². The number of rotatable bonds is 8. The van der Waals surface area contributed by atoms with Crippen molar-refractivity contribution in [2.24, 2.45) is 0 Å². The van der Waals surface area contributed by atoms with Crippen LogP contribution in [0, 0.1) is 0 Å². The lowest BCUT2D eigenvalue weighted by molar-refractivity contribution is -0.121. The monoisotopic (exact) mass is 346 g/mol. The lowest BCUT2D eigenvalue weighted by Crippen LogP contribution is -2.37. The summed E-state index contributed by atoms with van der Waals surface area (Å²) < 4.78 is 0. The summed E-state index contributed by atoms with van der Waals surface area (Å²) >= 11 is 0. The minimum Gasteiger partial charge on any atom is -0.353 e. The first-order valence-electron chi connectivity index (χ1n) is 8.26. The number of benzene rings is 2. The minimum atomic E-state index is 0. The van der Waals surface area contributed by atoms with Crippen LogP contribution in [0.15, 0.2) is 60.7 Å². The zero-order valence-corrected chi connectivity index (χ0v) is 15.2. The molecule has 0 aliphatic carbocycles. The van der Waals surface area contributed by atoms with Gasteiger partial charge < -0.3 is 10.6 Å². The van der Waals surface area contributed by atoms with Crippen molar-refractivity contribution in [2.75, 3.05) is 13.6 Å². The molecule has 24 heavy (non-hydrogen) atoms. The quantitative estimate of drug-likeness (QED) is 0.715. The highest BCUT2D eigenvalue weighted by atomic mass is 35.5. The van der Waals surface area contributed by atoms with E-state index < -0.39 is 0 Å². The predicted molar refractivity (Wildman–Crippen MR) is 103 cm³/mol. The van der Waals surface area contributed by atoms with E-state index in [1.807, 2.05) is 43.4 Å². The van der Waals surface area contributed by atoms with E-state index in [0.29, 0.717) is 6.42 Å². The largest absolute Gasteiger partial charge is 0.353 e. The van der Waals surface area contributed by atoms with Crippen LogP contribution in [-0.2, 0) is 4.79 Å². The summed E-state index contributed by atoms with van der Waals surface area (Å²) in [4.78, 5) is 12.2. The lowest BCUT2D eigenvalue weighted by atomic mass is 9.86. The fourth-order valence-corrected chi connectivity index (χ4v) is 2.93. The molecule has 0 saturated heterocycles. The Morgan fingerprint density at radius 3 is 1.92 bits per heavy atom. The summed E-state index contributed by atoms with van der Waals surface area (Å²) in [6.07, 6.45) is 1.41. The Morgan fingerprint density at radius 1 is 0.958 bits per heavy atom. The molecule has 0 saturated carbocycles. The van der Waals surface area contributed by atoms with Crippen molar-refractivity contribution in [2.45, 2.75) is 31.7 Å². The fourth-order valence-electron chi connectivity index (χ4n) is 2.93. The average molecular weight is 347 g/mol. The third-order valence-corrected chi connectivity index (χ3v) is 4.04. The van der Waals surface area contributed by atoms with Gasteiger partial charge in [-0.25, -0.2) is 0 Å². The maximum atomic E-state index is 12.2. The molecule has 2 aromatic carbocycles. The first-order valence-corrected chi connectivity index (χ1v) is 8.26. The third-order valence-electron chi connectivity index (χ3n) is 4.04. The molecule has 2 rings (SSSR count). The Bertz CT molecular complexity index is 550. The van der Waals surface area contributed by atoms with Crippen LogP contribution in [0.5, 0.6) is 0 Å². The van der Waals surface area contributed by atoms with E-state index in [2.05, 4.69) is 41.8 Å². The Morgan fingerprint density at radius 2 is 1.46 bits per heavy atom. The number of hydrogen-bond donors (Lipinski definition) is 2. The van der Waals surface area contributed by atoms with E-state index in [-0.39, 0.29) is 30.3 Å². The third kappa shape index (κ3) is 5.99. The van der Waals surface area contributed by atoms with Gasteiger partial charge in [-0.3, -0.25) is 4.79 Å². The van der Waals surface area contributed by atoms with Crippen molar-refractivity contribution >= 4 is 18.3 Å². The van der Waals surface area contributed by atoms with E-state index in [0.717, 1.165) is 13.0 Å². The highest BCUT2D eigenvalue weighted by Gasteiger charge is 2.22. The number of amides is 1. The van der Waals surface area contributed by atoms with E-state index in [4.69, 9.17) is 0 Å². The van der Waals surface area contributed by atoms with Gasteiger partial charge in [-0.2, -0.15) is 0 Å². The summed E-state index contributed by atoms with van der Waals surface area (Å²) in [5, 5.41) is 6.24. The Labute approximate surface area is 151 Å². The standard InChI is InChI=1S/C20H26N2O.ClH/c1-16(22-19(23)14-9-15-21-2)20(17-10-5-3-6-11-17)18-12-7-4-8-13-18;/h3-8,10-13,16,20-21H,9,14-15H2,1-2H3,(H,22,23);1H. The van der Waals surface area contributed by atoms with Crippen molar-refractivity contribution in [1.82, 2.24) is 10.6 Å². The molecule has 0 radical (unpaired) electrons. The Kier molecular flexibility index (Phi) is 9.13. The van der Waals surface area contributed by atoms with Crippen molar-refractivity contribution in [3.05, 3.63) is 71.8 Å². The first kappa shape index (κ1) is 20.2. The topological polar surface area (TPSA) is 41.1 Å². The van der Waals surface area contributed by atoms with Crippen molar-refractivity contribution in [1.29, 1.82) is 0 Å². The number of nitrogens with one attached hydrogen (secondary N) is 2. The van der Waals surface area contributed by atoms with E-state index >= 15 is 0 Å². The second kappa shape index (κ2) is 10.8. The average Bonchev–Trinajstić information content (AvgIpc) is 2.57. The van der Waals surface area contributed by atoms with Crippen molar-refractivity contribution in [3.8, 4) is 0 Å². The zero-order chi connectivity index (χ0) is 16.5. The molecule has 1 unspecified atom stereocenters. The highest BCUT2D eigenvalue weighted by molar-refractivity contribution is 5.85. The van der Waals surface area contributed by atoms with E-state index in [1.165, 1.54) is 11.1 Å². The minimum absolute atomic E-state index is 0. The van der Waals surface area contributed by atoms with Gasteiger partial charge in [0.05, 0.1) is 0 Å². The molecule has 0 spiro atoms. The second-order valence-corrected chi connectivity index (χ2v) is 5.86. The summed E-state index contributed by atoms with van der Waals surface area (Å²) in [6, 6.07) is 20.8. The SMILES string of the molecule is CNCCCC(=O)NC(C)C(c1ccccc1)c1ccccc1.Cl. The Hall–Kier alpha value is -1.84. The van der Waals surface area contributed by atoms with Gasteiger partial charge >= 0.3 is 0 Å². The van der Waals surface area contributed by atoms with Gasteiger partial charge in [-0.15, -0.1) is 12.4 Å². The molecule has 0 aromatic heterocycles.